The zero-order valence-corrected chi connectivity index (χ0v) is 9.73. The van der Waals surface area contributed by atoms with Crippen molar-refractivity contribution in [2.45, 2.75) is 18.8 Å². The zero-order valence-electron chi connectivity index (χ0n) is 9.73. The topological polar surface area (TPSA) is 43.8 Å². The number of nitrogens with zero attached hydrogens (tertiary/aromatic N) is 2. The number of benzene rings is 1. The molecule has 1 aromatic carbocycles. The molecule has 3 nitrogen and oxygen atoms in total. The van der Waals surface area contributed by atoms with Gasteiger partial charge in [-0.05, 0) is 6.07 Å². The van der Waals surface area contributed by atoms with Gasteiger partial charge in [0, 0.05) is 11.8 Å². The van der Waals surface area contributed by atoms with E-state index in [9.17, 15) is 17.6 Å². The van der Waals surface area contributed by atoms with Crippen molar-refractivity contribution < 1.29 is 17.6 Å². The summed E-state index contributed by atoms with van der Waals surface area (Å²) in [6, 6.07) is 5.11. The Labute approximate surface area is 106 Å². The van der Waals surface area contributed by atoms with E-state index in [0.29, 0.717) is 6.20 Å². The van der Waals surface area contributed by atoms with Gasteiger partial charge in [0.05, 0.1) is 24.3 Å². The summed E-state index contributed by atoms with van der Waals surface area (Å²) in [4.78, 5) is 0. The smallest absolute Gasteiger partial charge is 0.322 e. The highest BCUT2D eigenvalue weighted by Crippen LogP contribution is 2.28. The van der Waals surface area contributed by atoms with E-state index in [1.165, 1.54) is 18.2 Å². The summed E-state index contributed by atoms with van der Waals surface area (Å²) in [5.74, 6) is -0.488. The minimum Gasteiger partial charge on any atom is -0.322 e. The lowest BCUT2D eigenvalue weighted by molar-refractivity contribution is -0.137. The van der Waals surface area contributed by atoms with Gasteiger partial charge in [-0.15, -0.1) is 0 Å². The maximum Gasteiger partial charge on any atom is 0.419 e. The van der Waals surface area contributed by atoms with Crippen LogP contribution < -0.4 is 5.73 Å². The highest BCUT2D eigenvalue weighted by molar-refractivity contribution is 5.20. The van der Waals surface area contributed by atoms with E-state index < -0.39 is 23.6 Å². The van der Waals surface area contributed by atoms with Crippen LogP contribution >= 0.6 is 0 Å². The molecule has 0 saturated heterocycles. The first kappa shape index (κ1) is 13.5. The Hall–Kier alpha value is -1.89. The SMILES string of the molecule is NC(Cn1cc(C(F)(F)F)cn1)c1ccccc1F. The number of hydrogen-bond acceptors (Lipinski definition) is 2. The van der Waals surface area contributed by atoms with E-state index in [-0.39, 0.29) is 12.1 Å². The Morgan fingerprint density at radius 1 is 1.26 bits per heavy atom. The van der Waals surface area contributed by atoms with Crippen LogP contribution in [0, 0.1) is 5.82 Å². The fraction of sp³-hybridized carbons (Fsp3) is 0.250. The number of nitrogens with two attached hydrogens (primary N) is 1. The second-order valence-electron chi connectivity index (χ2n) is 4.08. The number of hydrogen-bond donors (Lipinski definition) is 1. The molecule has 0 saturated carbocycles. The van der Waals surface area contributed by atoms with Crippen LogP contribution in [0.25, 0.3) is 0 Å². The molecule has 0 aliphatic rings. The highest BCUT2D eigenvalue weighted by atomic mass is 19.4. The summed E-state index contributed by atoms with van der Waals surface area (Å²) < 4.78 is 51.6. The number of halogens is 4. The Morgan fingerprint density at radius 3 is 2.53 bits per heavy atom. The van der Waals surface area contributed by atoms with E-state index in [1.807, 2.05) is 0 Å². The monoisotopic (exact) mass is 273 g/mol. The molecule has 19 heavy (non-hydrogen) atoms. The van der Waals surface area contributed by atoms with Gasteiger partial charge in [-0.3, -0.25) is 4.68 Å². The maximum absolute atomic E-state index is 13.4. The first-order valence-electron chi connectivity index (χ1n) is 5.47. The van der Waals surface area contributed by atoms with Gasteiger partial charge in [-0.2, -0.15) is 18.3 Å². The predicted molar refractivity (Wildman–Crippen MR) is 60.6 cm³/mol. The summed E-state index contributed by atoms with van der Waals surface area (Å²) in [6.07, 6.45) is -2.88. The van der Waals surface area contributed by atoms with Gasteiger partial charge < -0.3 is 5.73 Å². The van der Waals surface area contributed by atoms with E-state index >= 15 is 0 Å². The summed E-state index contributed by atoms with van der Waals surface area (Å²) >= 11 is 0. The molecule has 0 amide bonds. The fourth-order valence-electron chi connectivity index (χ4n) is 1.69. The van der Waals surface area contributed by atoms with Crippen LogP contribution in [0.3, 0.4) is 0 Å². The zero-order chi connectivity index (χ0) is 14.0. The van der Waals surface area contributed by atoms with Crippen molar-refractivity contribution in [1.29, 1.82) is 0 Å². The molecule has 0 aliphatic heterocycles. The molecule has 2 rings (SSSR count). The minimum absolute atomic E-state index is 0.0307. The molecule has 0 spiro atoms. The molecule has 2 aromatic rings. The van der Waals surface area contributed by atoms with Crippen molar-refractivity contribution in [2.75, 3.05) is 0 Å². The average Bonchev–Trinajstić information content (AvgIpc) is 2.77. The third-order valence-electron chi connectivity index (χ3n) is 2.65. The lowest BCUT2D eigenvalue weighted by Crippen LogP contribution is -2.19. The van der Waals surface area contributed by atoms with Crippen molar-refractivity contribution in [3.63, 3.8) is 0 Å². The molecule has 1 heterocycles. The summed E-state index contributed by atoms with van der Waals surface area (Å²) in [7, 11) is 0. The van der Waals surface area contributed by atoms with E-state index in [1.54, 1.807) is 6.07 Å². The largest absolute Gasteiger partial charge is 0.419 e. The molecule has 1 atom stereocenters. The molecule has 0 aliphatic carbocycles. The Balaban J connectivity index is 2.14. The normalized spacial score (nSPS) is 13.5. The van der Waals surface area contributed by atoms with E-state index in [4.69, 9.17) is 5.73 Å². The van der Waals surface area contributed by atoms with Gasteiger partial charge in [0.2, 0.25) is 0 Å². The first-order chi connectivity index (χ1) is 8.88. The highest BCUT2D eigenvalue weighted by Gasteiger charge is 2.32. The number of aromatic nitrogens is 2. The second-order valence-corrected chi connectivity index (χ2v) is 4.08. The molecule has 1 unspecified atom stereocenters. The van der Waals surface area contributed by atoms with Crippen molar-refractivity contribution in [3.05, 3.63) is 53.6 Å². The fourth-order valence-corrected chi connectivity index (χ4v) is 1.69. The summed E-state index contributed by atoms with van der Waals surface area (Å²) in [6.45, 7) is -0.0307. The molecular weight excluding hydrogens is 262 g/mol. The van der Waals surface area contributed by atoms with Crippen LogP contribution in [0.5, 0.6) is 0 Å². The van der Waals surface area contributed by atoms with Crippen molar-refractivity contribution in [1.82, 2.24) is 9.78 Å². The van der Waals surface area contributed by atoms with Gasteiger partial charge in [0.15, 0.2) is 0 Å². The summed E-state index contributed by atoms with van der Waals surface area (Å²) in [5, 5.41) is 3.57. The molecule has 0 radical (unpaired) electrons. The quantitative estimate of drug-likeness (QED) is 0.874. The molecule has 0 fully saturated rings. The minimum atomic E-state index is -4.44. The van der Waals surface area contributed by atoms with E-state index in [2.05, 4.69) is 5.10 Å². The maximum atomic E-state index is 13.4. The number of rotatable bonds is 3. The van der Waals surface area contributed by atoms with Gasteiger partial charge >= 0.3 is 6.18 Å². The Kier molecular flexibility index (Phi) is 3.57. The molecule has 2 N–H and O–H groups in total. The van der Waals surface area contributed by atoms with Crippen LogP contribution in [0.15, 0.2) is 36.7 Å². The van der Waals surface area contributed by atoms with Gasteiger partial charge in [-0.1, -0.05) is 18.2 Å². The van der Waals surface area contributed by atoms with Crippen molar-refractivity contribution in [2.24, 2.45) is 5.73 Å². The van der Waals surface area contributed by atoms with Crippen molar-refractivity contribution in [3.8, 4) is 0 Å². The Morgan fingerprint density at radius 2 is 1.95 bits per heavy atom. The molecule has 7 heteroatoms. The van der Waals surface area contributed by atoms with Crippen LogP contribution in [0.1, 0.15) is 17.2 Å². The molecular formula is C12H11F4N3. The van der Waals surface area contributed by atoms with Crippen LogP contribution in [-0.2, 0) is 12.7 Å². The van der Waals surface area contributed by atoms with Crippen LogP contribution in [-0.4, -0.2) is 9.78 Å². The van der Waals surface area contributed by atoms with E-state index in [0.717, 1.165) is 10.9 Å². The average molecular weight is 273 g/mol. The lowest BCUT2D eigenvalue weighted by atomic mass is 10.1. The standard InChI is InChI=1S/C12H11F4N3/c13-10-4-2-1-3-9(10)11(17)7-19-6-8(5-18-19)12(14,15)16/h1-6,11H,7,17H2. The predicted octanol–water partition coefficient (Wildman–Crippen LogP) is 2.74. The third-order valence-corrected chi connectivity index (χ3v) is 2.65. The second kappa shape index (κ2) is 5.00. The number of alkyl halides is 3. The van der Waals surface area contributed by atoms with Gasteiger partial charge in [-0.25, -0.2) is 4.39 Å². The van der Waals surface area contributed by atoms with Crippen LogP contribution in [0.2, 0.25) is 0 Å². The first-order valence-corrected chi connectivity index (χ1v) is 5.47. The lowest BCUT2D eigenvalue weighted by Gasteiger charge is -2.12. The van der Waals surface area contributed by atoms with Gasteiger partial charge in [0.1, 0.15) is 5.82 Å². The van der Waals surface area contributed by atoms with Gasteiger partial charge in [0.25, 0.3) is 0 Å². The Bertz CT molecular complexity index is 562. The molecule has 0 bridgehead atoms. The van der Waals surface area contributed by atoms with Crippen LogP contribution in [0.4, 0.5) is 17.6 Å². The molecule has 102 valence electrons. The third kappa shape index (κ3) is 3.11. The molecule has 1 aromatic heterocycles. The summed E-state index contributed by atoms with van der Waals surface area (Å²) in [5.41, 5.74) is 5.15. The van der Waals surface area contributed by atoms with Crippen molar-refractivity contribution >= 4 is 0 Å².